The van der Waals surface area contributed by atoms with Gasteiger partial charge < -0.3 is 10.1 Å². The molecule has 1 aliphatic heterocycles. The molecule has 1 aliphatic rings. The molecule has 0 radical (unpaired) electrons. The summed E-state index contributed by atoms with van der Waals surface area (Å²) < 4.78 is 32.2. The van der Waals surface area contributed by atoms with Crippen molar-refractivity contribution in [3.8, 4) is 5.75 Å². The number of methoxy groups -OCH3 is 1. The minimum Gasteiger partial charge on any atom is -0.496 e. The minimum atomic E-state index is -4.16. The van der Waals surface area contributed by atoms with Gasteiger partial charge >= 0.3 is 0 Å². The van der Waals surface area contributed by atoms with Crippen molar-refractivity contribution in [2.75, 3.05) is 7.11 Å². The van der Waals surface area contributed by atoms with Crippen LogP contribution in [0, 0.1) is 6.92 Å². The summed E-state index contributed by atoms with van der Waals surface area (Å²) in [5.74, 6) is -0.519. The smallest absolute Gasteiger partial charge is 0.267 e. The first-order valence-electron chi connectivity index (χ1n) is 9.33. The van der Waals surface area contributed by atoms with Gasteiger partial charge in [0, 0.05) is 6.42 Å². The van der Waals surface area contributed by atoms with Gasteiger partial charge in [-0.2, -0.15) is 0 Å². The maximum atomic E-state index is 13.2. The minimum absolute atomic E-state index is 0.00612. The highest BCUT2D eigenvalue weighted by Gasteiger charge is 2.44. The first kappa shape index (κ1) is 20.9. The van der Waals surface area contributed by atoms with Crippen LogP contribution in [0.4, 0.5) is 0 Å². The van der Waals surface area contributed by atoms with Crippen molar-refractivity contribution in [3.63, 3.8) is 0 Å². The molecule has 2 amide bonds. The Labute approximate surface area is 170 Å². The summed E-state index contributed by atoms with van der Waals surface area (Å²) in [5.41, 5.74) is 1.52. The molecule has 1 heterocycles. The van der Waals surface area contributed by atoms with E-state index in [-0.39, 0.29) is 23.8 Å². The number of ether oxygens (including phenoxy) is 1. The van der Waals surface area contributed by atoms with Crippen molar-refractivity contribution >= 4 is 21.8 Å². The number of hydrogen-bond acceptors (Lipinski definition) is 5. The summed E-state index contributed by atoms with van der Waals surface area (Å²) in [4.78, 5) is 25.2. The van der Waals surface area contributed by atoms with Gasteiger partial charge in [0.05, 0.1) is 18.0 Å². The molecule has 3 rings (SSSR count). The second-order valence-corrected chi connectivity index (χ2v) is 8.84. The second-order valence-electron chi connectivity index (χ2n) is 7.02. The second kappa shape index (κ2) is 8.24. The summed E-state index contributed by atoms with van der Waals surface area (Å²) in [7, 11) is -2.67. The normalized spacial score (nSPS) is 17.8. The highest BCUT2D eigenvalue weighted by Crippen LogP contribution is 2.30. The van der Waals surface area contributed by atoms with Gasteiger partial charge in [-0.1, -0.05) is 30.3 Å². The molecule has 7 nitrogen and oxygen atoms in total. The Morgan fingerprint density at radius 3 is 2.52 bits per heavy atom. The molecule has 8 heteroatoms. The third-order valence-electron chi connectivity index (χ3n) is 5.04. The van der Waals surface area contributed by atoms with E-state index >= 15 is 0 Å². The van der Waals surface area contributed by atoms with Gasteiger partial charge in [0.1, 0.15) is 11.8 Å². The summed E-state index contributed by atoms with van der Waals surface area (Å²) in [6.07, 6.45) is 0.159. The molecule has 29 heavy (non-hydrogen) atoms. The van der Waals surface area contributed by atoms with Gasteiger partial charge in [-0.05, 0) is 49.6 Å². The number of nitrogens with one attached hydrogen (secondary N) is 1. The zero-order valence-corrected chi connectivity index (χ0v) is 17.4. The fourth-order valence-corrected chi connectivity index (χ4v) is 5.15. The van der Waals surface area contributed by atoms with Crippen LogP contribution in [-0.4, -0.2) is 37.7 Å². The number of aryl methyl sites for hydroxylation is 1. The lowest BCUT2D eigenvalue weighted by Gasteiger charge is -2.25. The van der Waals surface area contributed by atoms with Crippen LogP contribution >= 0.6 is 0 Å². The van der Waals surface area contributed by atoms with E-state index < -0.39 is 27.9 Å². The Hall–Kier alpha value is -2.87. The zero-order chi connectivity index (χ0) is 21.2. The number of nitrogens with zero attached hydrogens (tertiary/aromatic N) is 1. The highest BCUT2D eigenvalue weighted by atomic mass is 32.2. The van der Waals surface area contributed by atoms with E-state index in [0.717, 1.165) is 9.87 Å². The number of rotatable bonds is 6. The quantitative estimate of drug-likeness (QED) is 0.781. The molecular weight excluding hydrogens is 392 g/mol. The van der Waals surface area contributed by atoms with Crippen molar-refractivity contribution < 1.29 is 22.7 Å². The van der Waals surface area contributed by atoms with Crippen LogP contribution in [-0.2, 0) is 19.6 Å². The summed E-state index contributed by atoms with van der Waals surface area (Å²) in [6.45, 7) is 3.53. The van der Waals surface area contributed by atoms with Crippen LogP contribution in [0.1, 0.15) is 36.9 Å². The Bertz CT molecular complexity index is 1020. The Kier molecular flexibility index (Phi) is 5.93. The van der Waals surface area contributed by atoms with E-state index in [4.69, 9.17) is 4.74 Å². The van der Waals surface area contributed by atoms with Crippen molar-refractivity contribution in [1.29, 1.82) is 0 Å². The van der Waals surface area contributed by atoms with Crippen molar-refractivity contribution in [1.82, 2.24) is 9.62 Å². The van der Waals surface area contributed by atoms with E-state index in [9.17, 15) is 18.0 Å². The lowest BCUT2D eigenvalue weighted by molar-refractivity contribution is -0.131. The Morgan fingerprint density at radius 2 is 1.90 bits per heavy atom. The molecule has 2 atom stereocenters. The molecule has 0 aliphatic carbocycles. The molecule has 2 aromatic carbocycles. The molecule has 1 fully saturated rings. The summed E-state index contributed by atoms with van der Waals surface area (Å²) in [5, 5.41) is 2.82. The van der Waals surface area contributed by atoms with Gasteiger partial charge in [-0.3, -0.25) is 9.59 Å². The lowest BCUT2D eigenvalue weighted by Crippen LogP contribution is -2.47. The fraction of sp³-hybridized carbons (Fsp3) is 0.333. The first-order valence-corrected chi connectivity index (χ1v) is 10.8. The van der Waals surface area contributed by atoms with Crippen LogP contribution in [0.2, 0.25) is 0 Å². The van der Waals surface area contributed by atoms with Gasteiger partial charge in [0.15, 0.2) is 0 Å². The third kappa shape index (κ3) is 4.12. The van der Waals surface area contributed by atoms with Crippen molar-refractivity contribution in [2.45, 2.75) is 43.7 Å². The lowest BCUT2D eigenvalue weighted by atomic mass is 10.1. The van der Waals surface area contributed by atoms with Crippen LogP contribution in [0.15, 0.2) is 53.4 Å². The molecule has 0 saturated carbocycles. The van der Waals surface area contributed by atoms with Crippen molar-refractivity contribution in [3.05, 3.63) is 59.7 Å². The maximum Gasteiger partial charge on any atom is 0.267 e. The summed E-state index contributed by atoms with van der Waals surface area (Å²) >= 11 is 0. The molecule has 0 unspecified atom stereocenters. The van der Waals surface area contributed by atoms with Crippen LogP contribution in [0.25, 0.3) is 0 Å². The topological polar surface area (TPSA) is 92.8 Å². The highest BCUT2D eigenvalue weighted by molar-refractivity contribution is 7.89. The standard InChI is InChI=1S/C21H24N2O5S/c1-14-13-17(9-11-19(14)28-3)29(26,27)23-18(10-12-20(23)24)21(25)22-15(2)16-7-5-4-6-8-16/h4-9,11,13,15,18H,10,12H2,1-3H3,(H,22,25)/t15-,18+/m1/s1. The van der Waals surface area contributed by atoms with Gasteiger partial charge in [0.2, 0.25) is 11.8 Å². The molecule has 2 aromatic rings. The first-order chi connectivity index (χ1) is 13.8. The van der Waals surface area contributed by atoms with Crippen molar-refractivity contribution in [2.24, 2.45) is 0 Å². The largest absolute Gasteiger partial charge is 0.496 e. The SMILES string of the molecule is COc1ccc(S(=O)(=O)N2C(=O)CC[C@H]2C(=O)N[C@H](C)c2ccccc2)cc1C. The van der Waals surface area contributed by atoms with E-state index in [1.807, 2.05) is 37.3 Å². The molecule has 0 aromatic heterocycles. The number of hydrogen-bond donors (Lipinski definition) is 1. The number of sulfonamides is 1. The average Bonchev–Trinajstić information content (AvgIpc) is 3.11. The zero-order valence-electron chi connectivity index (χ0n) is 16.6. The van der Waals surface area contributed by atoms with Crippen LogP contribution in [0.5, 0.6) is 5.75 Å². The maximum absolute atomic E-state index is 13.2. The molecule has 1 N–H and O–H groups in total. The number of amides is 2. The molecule has 1 saturated heterocycles. The van der Waals surface area contributed by atoms with E-state index in [0.29, 0.717) is 11.3 Å². The predicted octanol–water partition coefficient (Wildman–Crippen LogP) is 2.56. The molecule has 0 spiro atoms. The fourth-order valence-electron chi connectivity index (χ4n) is 3.46. The van der Waals surface area contributed by atoms with E-state index in [2.05, 4.69) is 5.32 Å². The number of carbonyl (C=O) groups excluding carboxylic acids is 2. The van der Waals surface area contributed by atoms with E-state index in [1.165, 1.54) is 25.3 Å². The van der Waals surface area contributed by atoms with Crippen LogP contribution < -0.4 is 10.1 Å². The van der Waals surface area contributed by atoms with Crippen LogP contribution in [0.3, 0.4) is 0 Å². The monoisotopic (exact) mass is 416 g/mol. The Morgan fingerprint density at radius 1 is 1.21 bits per heavy atom. The number of carbonyl (C=O) groups is 2. The van der Waals surface area contributed by atoms with Gasteiger partial charge in [0.25, 0.3) is 10.0 Å². The molecular formula is C21H24N2O5S. The summed E-state index contributed by atoms with van der Waals surface area (Å²) in [6, 6.07) is 12.3. The van der Waals surface area contributed by atoms with Gasteiger partial charge in [-0.15, -0.1) is 0 Å². The molecule has 0 bridgehead atoms. The predicted molar refractivity (Wildman–Crippen MR) is 108 cm³/mol. The average molecular weight is 416 g/mol. The van der Waals surface area contributed by atoms with E-state index in [1.54, 1.807) is 6.92 Å². The third-order valence-corrected chi connectivity index (χ3v) is 6.87. The van der Waals surface area contributed by atoms with Gasteiger partial charge in [-0.25, -0.2) is 12.7 Å². The number of benzene rings is 2. The Balaban J connectivity index is 1.86. The molecule has 154 valence electrons.